The third-order valence-corrected chi connectivity index (χ3v) is 2.86. The molecule has 0 fully saturated rings. The fourth-order valence-corrected chi connectivity index (χ4v) is 1.94. The van der Waals surface area contributed by atoms with E-state index < -0.39 is 5.97 Å². The van der Waals surface area contributed by atoms with E-state index in [0.717, 1.165) is 6.42 Å². The van der Waals surface area contributed by atoms with Gasteiger partial charge in [-0.1, -0.05) is 13.8 Å². The normalized spacial score (nSPS) is 12.8. The molecule has 5 heteroatoms. The maximum Gasteiger partial charge on any atom is 0.305 e. The molecule has 0 rings (SSSR count). The lowest BCUT2D eigenvalue weighted by Crippen LogP contribution is -2.44. The molecule has 1 amide bonds. The van der Waals surface area contributed by atoms with Crippen LogP contribution in [-0.2, 0) is 9.59 Å². The van der Waals surface area contributed by atoms with Crippen molar-refractivity contribution in [2.24, 2.45) is 17.6 Å². The highest BCUT2D eigenvalue weighted by atomic mass is 16.4. The SMILES string of the molecule is CC(C)CC(CN)C(=O)N(CCC(=O)O)C(C)C. The first-order valence-corrected chi connectivity index (χ1v) is 6.51. The van der Waals surface area contributed by atoms with Crippen LogP contribution in [0.15, 0.2) is 0 Å². The van der Waals surface area contributed by atoms with E-state index in [1.165, 1.54) is 0 Å². The molecular formula is C13H26N2O3. The van der Waals surface area contributed by atoms with Gasteiger partial charge in [-0.3, -0.25) is 9.59 Å². The number of aliphatic carboxylic acids is 1. The number of carboxylic acids is 1. The van der Waals surface area contributed by atoms with Crippen LogP contribution in [0.2, 0.25) is 0 Å². The lowest BCUT2D eigenvalue weighted by Gasteiger charge is -2.30. The number of carbonyl (C=O) groups is 2. The van der Waals surface area contributed by atoms with Crippen LogP contribution in [0, 0.1) is 11.8 Å². The second-order valence-electron chi connectivity index (χ2n) is 5.33. The summed E-state index contributed by atoms with van der Waals surface area (Å²) in [5.74, 6) is -0.721. The van der Waals surface area contributed by atoms with E-state index >= 15 is 0 Å². The van der Waals surface area contributed by atoms with Crippen LogP contribution in [0.3, 0.4) is 0 Å². The Morgan fingerprint density at radius 3 is 2.11 bits per heavy atom. The number of hydrogen-bond acceptors (Lipinski definition) is 3. The molecule has 18 heavy (non-hydrogen) atoms. The van der Waals surface area contributed by atoms with Crippen LogP contribution in [0.5, 0.6) is 0 Å². The highest BCUT2D eigenvalue weighted by Gasteiger charge is 2.25. The molecule has 0 saturated carbocycles. The Hall–Kier alpha value is -1.10. The van der Waals surface area contributed by atoms with Crippen molar-refractivity contribution in [2.75, 3.05) is 13.1 Å². The van der Waals surface area contributed by atoms with Crippen molar-refractivity contribution in [3.05, 3.63) is 0 Å². The standard InChI is InChI=1S/C13H26N2O3/c1-9(2)7-11(8-14)13(18)15(10(3)4)6-5-12(16)17/h9-11H,5-8,14H2,1-4H3,(H,16,17). The molecule has 0 aromatic rings. The molecule has 0 aliphatic rings. The number of nitrogens with two attached hydrogens (primary N) is 1. The van der Waals surface area contributed by atoms with Crippen molar-refractivity contribution in [1.82, 2.24) is 4.90 Å². The summed E-state index contributed by atoms with van der Waals surface area (Å²) in [7, 11) is 0. The molecule has 0 heterocycles. The van der Waals surface area contributed by atoms with Gasteiger partial charge in [0.15, 0.2) is 0 Å². The molecule has 0 aromatic heterocycles. The monoisotopic (exact) mass is 258 g/mol. The topological polar surface area (TPSA) is 83.6 Å². The zero-order valence-electron chi connectivity index (χ0n) is 11.8. The van der Waals surface area contributed by atoms with Crippen LogP contribution >= 0.6 is 0 Å². The Morgan fingerprint density at radius 2 is 1.78 bits per heavy atom. The first-order valence-electron chi connectivity index (χ1n) is 6.51. The molecule has 0 aliphatic carbocycles. The Morgan fingerprint density at radius 1 is 1.22 bits per heavy atom. The molecule has 3 N–H and O–H groups in total. The number of carbonyl (C=O) groups excluding carboxylic acids is 1. The molecule has 1 atom stereocenters. The maximum atomic E-state index is 12.3. The fourth-order valence-electron chi connectivity index (χ4n) is 1.94. The summed E-state index contributed by atoms with van der Waals surface area (Å²) >= 11 is 0. The van der Waals surface area contributed by atoms with E-state index in [0.29, 0.717) is 12.5 Å². The Kier molecular flexibility index (Phi) is 7.59. The molecular weight excluding hydrogens is 232 g/mol. The van der Waals surface area contributed by atoms with Gasteiger partial charge in [-0.15, -0.1) is 0 Å². The van der Waals surface area contributed by atoms with Crippen LogP contribution in [0.25, 0.3) is 0 Å². The Bertz CT molecular complexity index is 277. The molecule has 106 valence electrons. The summed E-state index contributed by atoms with van der Waals surface area (Å²) < 4.78 is 0. The van der Waals surface area contributed by atoms with Crippen molar-refractivity contribution in [1.29, 1.82) is 0 Å². The van der Waals surface area contributed by atoms with Gasteiger partial charge in [-0.05, 0) is 26.2 Å². The summed E-state index contributed by atoms with van der Waals surface area (Å²) in [6, 6.07) is -0.00179. The number of amides is 1. The van der Waals surface area contributed by atoms with Crippen LogP contribution < -0.4 is 5.73 Å². The number of nitrogens with zero attached hydrogens (tertiary/aromatic N) is 1. The molecule has 5 nitrogen and oxygen atoms in total. The molecule has 0 radical (unpaired) electrons. The minimum absolute atomic E-state index is 0.00179. The third-order valence-electron chi connectivity index (χ3n) is 2.86. The average Bonchev–Trinajstić information content (AvgIpc) is 2.24. The summed E-state index contributed by atoms with van der Waals surface area (Å²) in [6.45, 7) is 8.44. The van der Waals surface area contributed by atoms with Gasteiger partial charge >= 0.3 is 5.97 Å². The minimum atomic E-state index is -0.887. The van der Waals surface area contributed by atoms with Gasteiger partial charge in [0.05, 0.1) is 12.3 Å². The Balaban J connectivity index is 4.66. The van der Waals surface area contributed by atoms with Gasteiger partial charge in [0.2, 0.25) is 5.91 Å². The van der Waals surface area contributed by atoms with E-state index in [4.69, 9.17) is 10.8 Å². The van der Waals surface area contributed by atoms with E-state index in [1.807, 2.05) is 27.7 Å². The van der Waals surface area contributed by atoms with Gasteiger partial charge in [0.25, 0.3) is 0 Å². The summed E-state index contributed by atoms with van der Waals surface area (Å²) in [4.78, 5) is 24.5. The predicted octanol–water partition coefficient (Wildman–Crippen LogP) is 1.32. The maximum absolute atomic E-state index is 12.3. The van der Waals surface area contributed by atoms with Crippen LogP contribution in [0.4, 0.5) is 0 Å². The zero-order chi connectivity index (χ0) is 14.3. The quantitative estimate of drug-likeness (QED) is 0.687. The van der Waals surface area contributed by atoms with E-state index in [1.54, 1.807) is 4.90 Å². The molecule has 1 unspecified atom stereocenters. The second-order valence-corrected chi connectivity index (χ2v) is 5.33. The fraction of sp³-hybridized carbons (Fsp3) is 0.846. The summed E-state index contributed by atoms with van der Waals surface area (Å²) in [5.41, 5.74) is 5.65. The van der Waals surface area contributed by atoms with Crippen LogP contribution in [-0.4, -0.2) is 41.0 Å². The van der Waals surface area contributed by atoms with E-state index in [-0.39, 0.29) is 30.8 Å². The largest absolute Gasteiger partial charge is 0.481 e. The molecule has 0 aliphatic heterocycles. The van der Waals surface area contributed by atoms with Gasteiger partial charge in [0, 0.05) is 19.1 Å². The van der Waals surface area contributed by atoms with Gasteiger partial charge < -0.3 is 15.7 Å². The van der Waals surface area contributed by atoms with Crippen LogP contribution in [0.1, 0.15) is 40.5 Å². The summed E-state index contributed by atoms with van der Waals surface area (Å²) in [6.07, 6.45) is 0.717. The number of hydrogen-bond donors (Lipinski definition) is 2. The zero-order valence-corrected chi connectivity index (χ0v) is 11.8. The first kappa shape index (κ1) is 16.9. The van der Waals surface area contributed by atoms with Crippen molar-refractivity contribution in [3.8, 4) is 0 Å². The second kappa shape index (κ2) is 8.08. The lowest BCUT2D eigenvalue weighted by molar-refractivity contribution is -0.141. The molecule has 0 saturated heterocycles. The minimum Gasteiger partial charge on any atom is -0.481 e. The van der Waals surface area contributed by atoms with Crippen molar-refractivity contribution in [2.45, 2.75) is 46.6 Å². The average molecular weight is 258 g/mol. The third kappa shape index (κ3) is 6.00. The van der Waals surface area contributed by atoms with Gasteiger partial charge in [-0.2, -0.15) is 0 Å². The van der Waals surface area contributed by atoms with Crippen molar-refractivity contribution < 1.29 is 14.7 Å². The predicted molar refractivity (Wildman–Crippen MR) is 71.1 cm³/mol. The highest BCUT2D eigenvalue weighted by Crippen LogP contribution is 2.15. The smallest absolute Gasteiger partial charge is 0.305 e. The number of rotatable bonds is 8. The van der Waals surface area contributed by atoms with Crippen molar-refractivity contribution in [3.63, 3.8) is 0 Å². The molecule has 0 aromatic carbocycles. The first-order chi connectivity index (χ1) is 8.29. The van der Waals surface area contributed by atoms with E-state index in [9.17, 15) is 9.59 Å². The van der Waals surface area contributed by atoms with E-state index in [2.05, 4.69) is 0 Å². The van der Waals surface area contributed by atoms with Gasteiger partial charge in [0.1, 0.15) is 0 Å². The Labute approximate surface area is 109 Å². The summed E-state index contributed by atoms with van der Waals surface area (Å²) in [5, 5.41) is 8.70. The molecule has 0 bridgehead atoms. The number of carboxylic acid groups (broad SMARTS) is 1. The van der Waals surface area contributed by atoms with Gasteiger partial charge in [-0.25, -0.2) is 0 Å². The molecule has 0 spiro atoms. The van der Waals surface area contributed by atoms with Crippen molar-refractivity contribution >= 4 is 11.9 Å². The highest BCUT2D eigenvalue weighted by molar-refractivity contribution is 5.80. The lowest BCUT2D eigenvalue weighted by atomic mass is 9.95.